The lowest BCUT2D eigenvalue weighted by Gasteiger charge is -2.30. The molecule has 0 unspecified atom stereocenters. The minimum atomic E-state index is 0.0996. The van der Waals surface area contributed by atoms with Crippen molar-refractivity contribution in [3.05, 3.63) is 54.6 Å². The second kappa shape index (κ2) is 8.53. The summed E-state index contributed by atoms with van der Waals surface area (Å²) in [6.45, 7) is 3.92. The van der Waals surface area contributed by atoms with Crippen LogP contribution in [0, 0.1) is 0 Å². The highest BCUT2D eigenvalue weighted by Gasteiger charge is 2.15. The molecule has 1 aliphatic heterocycles. The summed E-state index contributed by atoms with van der Waals surface area (Å²) < 4.78 is 5.43. The molecular formula is C20H25N3O2. The van der Waals surface area contributed by atoms with E-state index in [9.17, 15) is 4.79 Å². The molecule has 0 aliphatic carbocycles. The topological polar surface area (TPSA) is 44.8 Å². The molecule has 1 fully saturated rings. The standard InChI is InChI=1S/C20H25N3O2/c1-22(17-7-3-2-4-8-17)20(24)11-12-21-18-9-5-6-10-19(18)23-13-15-25-16-14-23/h2-10,21H,11-16H2,1H3. The molecule has 132 valence electrons. The van der Waals surface area contributed by atoms with Crippen LogP contribution in [0.3, 0.4) is 0 Å². The summed E-state index contributed by atoms with van der Waals surface area (Å²) in [7, 11) is 1.82. The first kappa shape index (κ1) is 17.3. The Hall–Kier alpha value is -2.53. The van der Waals surface area contributed by atoms with Gasteiger partial charge in [-0.2, -0.15) is 0 Å². The minimum absolute atomic E-state index is 0.0996. The number of nitrogens with one attached hydrogen (secondary N) is 1. The number of carbonyl (C=O) groups excluding carboxylic acids is 1. The van der Waals surface area contributed by atoms with Crippen LogP contribution in [0.25, 0.3) is 0 Å². The first-order valence-corrected chi connectivity index (χ1v) is 8.73. The fourth-order valence-corrected chi connectivity index (χ4v) is 2.97. The van der Waals surface area contributed by atoms with Gasteiger partial charge >= 0.3 is 0 Å². The van der Waals surface area contributed by atoms with Crippen LogP contribution < -0.4 is 15.1 Å². The van der Waals surface area contributed by atoms with Gasteiger partial charge in [-0.3, -0.25) is 4.79 Å². The zero-order chi connectivity index (χ0) is 17.5. The van der Waals surface area contributed by atoms with Crippen molar-refractivity contribution < 1.29 is 9.53 Å². The van der Waals surface area contributed by atoms with Gasteiger partial charge in [0.1, 0.15) is 0 Å². The average Bonchev–Trinajstić information content (AvgIpc) is 2.69. The molecule has 0 spiro atoms. The fraction of sp³-hybridized carbons (Fsp3) is 0.350. The molecule has 0 saturated carbocycles. The normalized spacial score (nSPS) is 14.2. The predicted octanol–water partition coefficient (Wildman–Crippen LogP) is 2.99. The number of benzene rings is 2. The van der Waals surface area contributed by atoms with E-state index in [0.29, 0.717) is 13.0 Å². The minimum Gasteiger partial charge on any atom is -0.383 e. The molecular weight excluding hydrogens is 314 g/mol. The van der Waals surface area contributed by atoms with E-state index in [1.807, 2.05) is 49.5 Å². The van der Waals surface area contributed by atoms with Gasteiger partial charge in [0.15, 0.2) is 0 Å². The van der Waals surface area contributed by atoms with Crippen LogP contribution in [0.15, 0.2) is 54.6 Å². The summed E-state index contributed by atoms with van der Waals surface area (Å²) in [5.74, 6) is 0.0996. The zero-order valence-corrected chi connectivity index (χ0v) is 14.6. The van der Waals surface area contributed by atoms with Crippen LogP contribution in [0.2, 0.25) is 0 Å². The lowest BCUT2D eigenvalue weighted by Crippen LogP contribution is -2.36. The Labute approximate surface area is 149 Å². The molecule has 5 heteroatoms. The van der Waals surface area contributed by atoms with Gasteiger partial charge in [-0.1, -0.05) is 30.3 Å². The number of amides is 1. The van der Waals surface area contributed by atoms with E-state index in [-0.39, 0.29) is 5.91 Å². The number of para-hydroxylation sites is 3. The third-order valence-electron chi connectivity index (χ3n) is 4.43. The van der Waals surface area contributed by atoms with Gasteiger partial charge in [-0.15, -0.1) is 0 Å². The summed E-state index contributed by atoms with van der Waals surface area (Å²) >= 11 is 0. The van der Waals surface area contributed by atoms with Crippen LogP contribution in [-0.4, -0.2) is 45.8 Å². The number of anilines is 3. The number of ether oxygens (including phenoxy) is 1. The lowest BCUT2D eigenvalue weighted by molar-refractivity contribution is -0.118. The van der Waals surface area contributed by atoms with Gasteiger partial charge in [0.2, 0.25) is 5.91 Å². The lowest BCUT2D eigenvalue weighted by atomic mass is 10.2. The van der Waals surface area contributed by atoms with E-state index in [0.717, 1.165) is 37.7 Å². The van der Waals surface area contributed by atoms with E-state index in [1.165, 1.54) is 5.69 Å². The molecule has 0 bridgehead atoms. The first-order valence-electron chi connectivity index (χ1n) is 8.73. The van der Waals surface area contributed by atoms with Crippen molar-refractivity contribution in [2.24, 2.45) is 0 Å². The maximum absolute atomic E-state index is 12.4. The summed E-state index contributed by atoms with van der Waals surface area (Å²) in [6.07, 6.45) is 0.447. The summed E-state index contributed by atoms with van der Waals surface area (Å²) in [5.41, 5.74) is 3.16. The number of hydrogen-bond acceptors (Lipinski definition) is 4. The third-order valence-corrected chi connectivity index (χ3v) is 4.43. The van der Waals surface area contributed by atoms with Crippen LogP contribution >= 0.6 is 0 Å². The Kier molecular flexibility index (Phi) is 5.90. The van der Waals surface area contributed by atoms with E-state index >= 15 is 0 Å². The molecule has 0 atom stereocenters. The van der Waals surface area contributed by atoms with Gasteiger partial charge in [-0.05, 0) is 24.3 Å². The van der Waals surface area contributed by atoms with Crippen LogP contribution in [0.5, 0.6) is 0 Å². The van der Waals surface area contributed by atoms with Crippen molar-refractivity contribution in [3.8, 4) is 0 Å². The van der Waals surface area contributed by atoms with Crippen molar-refractivity contribution >= 4 is 23.0 Å². The van der Waals surface area contributed by atoms with Crippen molar-refractivity contribution in [3.63, 3.8) is 0 Å². The van der Waals surface area contributed by atoms with E-state index in [2.05, 4.69) is 22.3 Å². The van der Waals surface area contributed by atoms with Crippen molar-refractivity contribution in [1.29, 1.82) is 0 Å². The van der Waals surface area contributed by atoms with Crippen molar-refractivity contribution in [2.75, 3.05) is 55.0 Å². The Balaban J connectivity index is 1.56. The number of nitrogens with zero attached hydrogens (tertiary/aromatic N) is 2. The SMILES string of the molecule is CN(C(=O)CCNc1ccccc1N1CCOCC1)c1ccccc1. The van der Waals surface area contributed by atoms with Crippen molar-refractivity contribution in [2.45, 2.75) is 6.42 Å². The molecule has 2 aromatic carbocycles. The Morgan fingerprint density at radius 3 is 2.52 bits per heavy atom. The van der Waals surface area contributed by atoms with Gasteiger partial charge in [0.05, 0.1) is 24.6 Å². The van der Waals surface area contributed by atoms with Crippen LogP contribution in [0.1, 0.15) is 6.42 Å². The van der Waals surface area contributed by atoms with Crippen LogP contribution in [0.4, 0.5) is 17.1 Å². The number of morpholine rings is 1. The largest absolute Gasteiger partial charge is 0.383 e. The maximum Gasteiger partial charge on any atom is 0.228 e. The highest BCUT2D eigenvalue weighted by atomic mass is 16.5. The van der Waals surface area contributed by atoms with Gasteiger partial charge in [-0.25, -0.2) is 0 Å². The molecule has 1 aliphatic rings. The molecule has 2 aromatic rings. The quantitative estimate of drug-likeness (QED) is 0.879. The Morgan fingerprint density at radius 2 is 1.76 bits per heavy atom. The van der Waals surface area contributed by atoms with Gasteiger partial charge < -0.3 is 19.9 Å². The summed E-state index contributed by atoms with van der Waals surface area (Å²) in [6, 6.07) is 18.0. The molecule has 0 radical (unpaired) electrons. The summed E-state index contributed by atoms with van der Waals surface area (Å²) in [5, 5.41) is 3.42. The Bertz CT molecular complexity index is 684. The smallest absolute Gasteiger partial charge is 0.228 e. The number of hydrogen-bond donors (Lipinski definition) is 1. The first-order chi connectivity index (χ1) is 12.3. The molecule has 1 saturated heterocycles. The molecule has 0 aromatic heterocycles. The van der Waals surface area contributed by atoms with E-state index in [1.54, 1.807) is 4.90 Å². The van der Waals surface area contributed by atoms with Crippen molar-refractivity contribution in [1.82, 2.24) is 0 Å². The Morgan fingerprint density at radius 1 is 1.08 bits per heavy atom. The predicted molar refractivity (Wildman–Crippen MR) is 102 cm³/mol. The molecule has 5 nitrogen and oxygen atoms in total. The molecule has 1 heterocycles. The average molecular weight is 339 g/mol. The van der Waals surface area contributed by atoms with Gasteiger partial charge in [0, 0.05) is 38.8 Å². The van der Waals surface area contributed by atoms with Crippen LogP contribution in [-0.2, 0) is 9.53 Å². The fourth-order valence-electron chi connectivity index (χ4n) is 2.97. The zero-order valence-electron chi connectivity index (χ0n) is 14.6. The second-order valence-corrected chi connectivity index (χ2v) is 6.08. The number of rotatable bonds is 6. The maximum atomic E-state index is 12.4. The highest BCUT2D eigenvalue weighted by molar-refractivity contribution is 5.93. The second-order valence-electron chi connectivity index (χ2n) is 6.08. The van der Waals surface area contributed by atoms with E-state index in [4.69, 9.17) is 4.74 Å². The number of carbonyl (C=O) groups is 1. The third kappa shape index (κ3) is 4.51. The molecule has 3 rings (SSSR count). The molecule has 1 N–H and O–H groups in total. The molecule has 1 amide bonds. The monoisotopic (exact) mass is 339 g/mol. The highest BCUT2D eigenvalue weighted by Crippen LogP contribution is 2.26. The summed E-state index contributed by atoms with van der Waals surface area (Å²) in [4.78, 5) is 16.4. The van der Waals surface area contributed by atoms with Gasteiger partial charge in [0.25, 0.3) is 0 Å². The van der Waals surface area contributed by atoms with E-state index < -0.39 is 0 Å². The molecule has 25 heavy (non-hydrogen) atoms.